The number of methoxy groups -OCH3 is 1. The molecule has 1 aromatic carbocycles. The standard InChI is InChI=1S/C20H30N2O7/c1-5-29-19(26)17(23)12-22(11-13(2)3)20(27)21-16(10-18(24)25)14-6-8-15(28-4)9-7-14/h6-9,13,16-17,23H,5,10-12H2,1-4H3,(H,21,27)(H,24,25). The van der Waals surface area contributed by atoms with Gasteiger partial charge in [-0.05, 0) is 30.5 Å². The molecule has 1 rings (SSSR count). The third-order valence-electron chi connectivity index (χ3n) is 4.02. The summed E-state index contributed by atoms with van der Waals surface area (Å²) in [6.45, 7) is 5.51. The van der Waals surface area contributed by atoms with Crippen LogP contribution in [0.4, 0.5) is 4.79 Å². The topological polar surface area (TPSA) is 125 Å². The molecule has 1 aromatic rings. The first-order valence-electron chi connectivity index (χ1n) is 9.43. The molecule has 2 atom stereocenters. The van der Waals surface area contributed by atoms with Crippen LogP contribution < -0.4 is 10.1 Å². The van der Waals surface area contributed by atoms with Crippen LogP contribution >= 0.6 is 0 Å². The van der Waals surface area contributed by atoms with Crippen LogP contribution in [0.25, 0.3) is 0 Å². The van der Waals surface area contributed by atoms with Crippen LogP contribution in [0.1, 0.15) is 38.8 Å². The molecule has 0 aliphatic heterocycles. The highest BCUT2D eigenvalue weighted by molar-refractivity contribution is 5.79. The van der Waals surface area contributed by atoms with Crippen molar-refractivity contribution in [3.8, 4) is 5.75 Å². The first kappa shape index (κ1) is 24.2. The van der Waals surface area contributed by atoms with Crippen LogP contribution in [0, 0.1) is 5.92 Å². The molecule has 0 aliphatic carbocycles. The number of carbonyl (C=O) groups is 3. The number of carboxylic acid groups (broad SMARTS) is 1. The van der Waals surface area contributed by atoms with Crippen molar-refractivity contribution in [2.75, 3.05) is 26.8 Å². The van der Waals surface area contributed by atoms with Gasteiger partial charge in [-0.25, -0.2) is 9.59 Å². The van der Waals surface area contributed by atoms with Crippen molar-refractivity contribution >= 4 is 18.0 Å². The average molecular weight is 410 g/mol. The summed E-state index contributed by atoms with van der Waals surface area (Å²) >= 11 is 0. The molecule has 0 saturated carbocycles. The van der Waals surface area contributed by atoms with E-state index in [-0.39, 0.29) is 32.0 Å². The lowest BCUT2D eigenvalue weighted by atomic mass is 10.0. The molecule has 29 heavy (non-hydrogen) atoms. The molecule has 9 heteroatoms. The second-order valence-corrected chi connectivity index (χ2v) is 6.94. The molecule has 0 aromatic heterocycles. The first-order chi connectivity index (χ1) is 13.7. The molecule has 162 valence electrons. The number of nitrogens with one attached hydrogen (secondary N) is 1. The lowest BCUT2D eigenvalue weighted by Gasteiger charge is -2.29. The third kappa shape index (κ3) is 8.39. The van der Waals surface area contributed by atoms with E-state index in [1.807, 2.05) is 13.8 Å². The minimum atomic E-state index is -1.49. The minimum Gasteiger partial charge on any atom is -0.497 e. The Labute approximate surface area is 170 Å². The van der Waals surface area contributed by atoms with Crippen molar-refractivity contribution in [1.82, 2.24) is 10.2 Å². The predicted molar refractivity (Wildman–Crippen MR) is 106 cm³/mol. The number of nitrogens with zero attached hydrogens (tertiary/aromatic N) is 1. The largest absolute Gasteiger partial charge is 0.497 e. The summed E-state index contributed by atoms with van der Waals surface area (Å²) in [4.78, 5) is 37.1. The van der Waals surface area contributed by atoms with Crippen LogP contribution in [-0.2, 0) is 14.3 Å². The number of ether oxygens (including phenoxy) is 2. The second-order valence-electron chi connectivity index (χ2n) is 6.94. The molecule has 0 aliphatic rings. The highest BCUT2D eigenvalue weighted by Crippen LogP contribution is 2.21. The number of esters is 1. The number of carboxylic acids is 1. The fourth-order valence-electron chi connectivity index (χ4n) is 2.71. The van der Waals surface area contributed by atoms with E-state index >= 15 is 0 Å². The van der Waals surface area contributed by atoms with Crippen LogP contribution in [0.3, 0.4) is 0 Å². The number of carbonyl (C=O) groups excluding carboxylic acids is 2. The number of aliphatic hydroxyl groups is 1. The molecule has 0 fully saturated rings. The summed E-state index contributed by atoms with van der Waals surface area (Å²) in [5.41, 5.74) is 0.594. The Morgan fingerprint density at radius 2 is 1.76 bits per heavy atom. The minimum absolute atomic E-state index is 0.0639. The highest BCUT2D eigenvalue weighted by Gasteiger charge is 2.26. The number of benzene rings is 1. The van der Waals surface area contributed by atoms with Gasteiger partial charge < -0.3 is 29.9 Å². The molecule has 0 heterocycles. The van der Waals surface area contributed by atoms with Gasteiger partial charge in [-0.1, -0.05) is 26.0 Å². The van der Waals surface area contributed by atoms with Gasteiger partial charge in [-0.3, -0.25) is 4.79 Å². The number of urea groups is 1. The predicted octanol–water partition coefficient (Wildman–Crippen LogP) is 1.80. The first-order valence-corrected chi connectivity index (χ1v) is 9.43. The maximum Gasteiger partial charge on any atom is 0.336 e. The van der Waals surface area contributed by atoms with Gasteiger partial charge in [0.05, 0.1) is 32.7 Å². The SMILES string of the molecule is CCOC(=O)C(O)CN(CC(C)C)C(=O)NC(CC(=O)O)c1ccc(OC)cc1. The van der Waals surface area contributed by atoms with Crippen molar-refractivity contribution in [2.45, 2.75) is 39.3 Å². The molecule has 0 bridgehead atoms. The Hall–Kier alpha value is -2.81. The zero-order valence-electron chi connectivity index (χ0n) is 17.3. The molecule has 0 saturated heterocycles. The van der Waals surface area contributed by atoms with Crippen LogP contribution in [0.15, 0.2) is 24.3 Å². The summed E-state index contributed by atoms with van der Waals surface area (Å²) in [7, 11) is 1.52. The Morgan fingerprint density at radius 3 is 2.24 bits per heavy atom. The monoisotopic (exact) mass is 410 g/mol. The normalized spacial score (nSPS) is 12.8. The van der Waals surface area contributed by atoms with Gasteiger partial charge in [-0.15, -0.1) is 0 Å². The lowest BCUT2D eigenvalue weighted by Crippen LogP contribution is -2.48. The lowest BCUT2D eigenvalue weighted by molar-refractivity contribution is -0.153. The van der Waals surface area contributed by atoms with Gasteiger partial charge in [0.1, 0.15) is 5.75 Å². The molecule has 2 unspecified atom stereocenters. The molecular formula is C20H30N2O7. The van der Waals surface area contributed by atoms with E-state index in [0.29, 0.717) is 11.3 Å². The van der Waals surface area contributed by atoms with Gasteiger partial charge in [0.15, 0.2) is 6.10 Å². The van der Waals surface area contributed by atoms with E-state index < -0.39 is 30.1 Å². The number of hydrogen-bond donors (Lipinski definition) is 3. The van der Waals surface area contributed by atoms with Crippen molar-refractivity contribution in [2.24, 2.45) is 5.92 Å². The number of aliphatic hydroxyl groups excluding tert-OH is 1. The Kier molecular flexibility index (Phi) is 9.94. The smallest absolute Gasteiger partial charge is 0.336 e. The molecule has 0 spiro atoms. The van der Waals surface area contributed by atoms with Gasteiger partial charge in [-0.2, -0.15) is 0 Å². The third-order valence-corrected chi connectivity index (χ3v) is 4.02. The van der Waals surface area contributed by atoms with Crippen LogP contribution in [-0.4, -0.2) is 66.0 Å². The van der Waals surface area contributed by atoms with Crippen molar-refractivity contribution in [3.05, 3.63) is 29.8 Å². The Balaban J connectivity index is 2.97. The second kappa shape index (κ2) is 11.9. The van der Waals surface area contributed by atoms with Crippen molar-refractivity contribution < 1.29 is 34.1 Å². The molecule has 0 radical (unpaired) electrons. The summed E-state index contributed by atoms with van der Waals surface area (Å²) in [5, 5.41) is 21.9. The van der Waals surface area contributed by atoms with Crippen molar-refractivity contribution in [3.63, 3.8) is 0 Å². The van der Waals surface area contributed by atoms with Gasteiger partial charge in [0, 0.05) is 6.54 Å². The Bertz CT molecular complexity index is 676. The van der Waals surface area contributed by atoms with Crippen LogP contribution in [0.2, 0.25) is 0 Å². The molecule has 9 nitrogen and oxygen atoms in total. The quantitative estimate of drug-likeness (QED) is 0.475. The zero-order chi connectivity index (χ0) is 22.0. The fraction of sp³-hybridized carbons (Fsp3) is 0.550. The summed E-state index contributed by atoms with van der Waals surface area (Å²) in [5.74, 6) is -1.22. The maximum atomic E-state index is 12.8. The number of amides is 2. The maximum absolute atomic E-state index is 12.8. The van der Waals surface area contributed by atoms with E-state index in [9.17, 15) is 24.6 Å². The van der Waals surface area contributed by atoms with E-state index in [1.165, 1.54) is 12.0 Å². The fourth-order valence-corrected chi connectivity index (χ4v) is 2.71. The number of aliphatic carboxylic acids is 1. The summed E-state index contributed by atoms with van der Waals surface area (Å²) in [6.07, 6.45) is -1.81. The van der Waals surface area contributed by atoms with Gasteiger partial charge in [0.25, 0.3) is 0 Å². The van der Waals surface area contributed by atoms with E-state index in [1.54, 1.807) is 31.2 Å². The molecule has 3 N–H and O–H groups in total. The Morgan fingerprint density at radius 1 is 1.14 bits per heavy atom. The molecule has 2 amide bonds. The van der Waals surface area contributed by atoms with E-state index in [2.05, 4.69) is 5.32 Å². The zero-order valence-corrected chi connectivity index (χ0v) is 17.3. The van der Waals surface area contributed by atoms with Crippen LogP contribution in [0.5, 0.6) is 5.75 Å². The van der Waals surface area contributed by atoms with E-state index in [0.717, 1.165) is 0 Å². The number of hydrogen-bond acceptors (Lipinski definition) is 6. The van der Waals surface area contributed by atoms with Crippen molar-refractivity contribution in [1.29, 1.82) is 0 Å². The number of rotatable bonds is 11. The van der Waals surface area contributed by atoms with E-state index in [4.69, 9.17) is 9.47 Å². The highest BCUT2D eigenvalue weighted by atomic mass is 16.5. The average Bonchev–Trinajstić information content (AvgIpc) is 2.66. The molecular weight excluding hydrogens is 380 g/mol. The van der Waals surface area contributed by atoms with Gasteiger partial charge in [0.2, 0.25) is 0 Å². The van der Waals surface area contributed by atoms with Gasteiger partial charge >= 0.3 is 18.0 Å². The summed E-state index contributed by atoms with van der Waals surface area (Å²) in [6, 6.07) is 5.32. The summed E-state index contributed by atoms with van der Waals surface area (Å²) < 4.78 is 9.87.